The van der Waals surface area contributed by atoms with Crippen molar-refractivity contribution in [2.45, 2.75) is 18.4 Å². The number of carboxylic acids is 1. The molecular formula is C10H11NO3. The lowest BCUT2D eigenvalue weighted by Gasteiger charge is -2.10. The minimum absolute atomic E-state index is 0.155. The highest BCUT2D eigenvalue weighted by atomic mass is 16.4. The molecular weight excluding hydrogens is 182 g/mol. The summed E-state index contributed by atoms with van der Waals surface area (Å²) in [6, 6.07) is 4.32. The number of benzene rings is 1. The van der Waals surface area contributed by atoms with Crippen molar-refractivity contribution in [1.29, 1.82) is 0 Å². The molecule has 4 heteroatoms. The van der Waals surface area contributed by atoms with Crippen molar-refractivity contribution in [2.75, 3.05) is 0 Å². The van der Waals surface area contributed by atoms with Gasteiger partial charge >= 0.3 is 5.97 Å². The zero-order valence-electron chi connectivity index (χ0n) is 7.47. The van der Waals surface area contributed by atoms with Crippen LogP contribution in [0.5, 0.6) is 5.75 Å². The third-order valence-corrected chi connectivity index (χ3v) is 2.61. The summed E-state index contributed by atoms with van der Waals surface area (Å²) in [4.78, 5) is 10.9. The fourth-order valence-electron chi connectivity index (χ4n) is 1.99. The smallest absolute Gasteiger partial charge is 0.312 e. The summed E-state index contributed by atoms with van der Waals surface area (Å²) < 4.78 is 0. The van der Waals surface area contributed by atoms with Gasteiger partial charge in [-0.05, 0) is 29.7 Å². The van der Waals surface area contributed by atoms with E-state index in [1.807, 2.05) is 0 Å². The van der Waals surface area contributed by atoms with E-state index in [0.717, 1.165) is 11.1 Å². The molecule has 74 valence electrons. The number of fused-ring (bicyclic) bond motifs is 1. The van der Waals surface area contributed by atoms with Crippen molar-refractivity contribution in [3.63, 3.8) is 0 Å². The second-order valence-electron chi connectivity index (χ2n) is 3.57. The van der Waals surface area contributed by atoms with Crippen molar-refractivity contribution >= 4 is 5.97 Å². The van der Waals surface area contributed by atoms with Gasteiger partial charge < -0.3 is 15.9 Å². The molecule has 1 aromatic carbocycles. The van der Waals surface area contributed by atoms with Crippen LogP contribution in [-0.2, 0) is 11.2 Å². The van der Waals surface area contributed by atoms with Crippen molar-refractivity contribution < 1.29 is 15.0 Å². The Balaban J connectivity index is 2.48. The van der Waals surface area contributed by atoms with Crippen LogP contribution < -0.4 is 5.73 Å². The van der Waals surface area contributed by atoms with Gasteiger partial charge in [-0.1, -0.05) is 6.07 Å². The van der Waals surface area contributed by atoms with E-state index in [2.05, 4.69) is 0 Å². The number of carbonyl (C=O) groups is 1. The van der Waals surface area contributed by atoms with Crippen LogP contribution in [0.1, 0.15) is 17.0 Å². The number of aliphatic carboxylic acids is 1. The van der Waals surface area contributed by atoms with Crippen molar-refractivity contribution in [1.82, 2.24) is 0 Å². The average Bonchev–Trinajstić information content (AvgIpc) is 2.39. The Bertz CT molecular complexity index is 389. The maximum absolute atomic E-state index is 10.9. The maximum Gasteiger partial charge on any atom is 0.312 e. The van der Waals surface area contributed by atoms with E-state index in [1.165, 1.54) is 6.07 Å². The third-order valence-electron chi connectivity index (χ3n) is 2.61. The van der Waals surface area contributed by atoms with Gasteiger partial charge in [-0.15, -0.1) is 0 Å². The molecule has 0 saturated carbocycles. The first-order valence-electron chi connectivity index (χ1n) is 4.40. The standard InChI is InChI=1S/C10H11NO3/c11-8-4-5-3-6(12)1-2-7(5)9(8)10(13)14/h1-3,8-9,12H,4,11H2,(H,13,14). The van der Waals surface area contributed by atoms with Crippen LogP contribution in [0, 0.1) is 0 Å². The number of hydrogen-bond acceptors (Lipinski definition) is 3. The molecule has 0 aromatic heterocycles. The summed E-state index contributed by atoms with van der Waals surface area (Å²) in [6.07, 6.45) is 0.515. The van der Waals surface area contributed by atoms with Gasteiger partial charge in [0.25, 0.3) is 0 Å². The van der Waals surface area contributed by atoms with Gasteiger partial charge in [0.1, 0.15) is 5.75 Å². The van der Waals surface area contributed by atoms with Gasteiger partial charge in [-0.3, -0.25) is 4.79 Å². The van der Waals surface area contributed by atoms with E-state index in [1.54, 1.807) is 12.1 Å². The molecule has 0 amide bonds. The van der Waals surface area contributed by atoms with Gasteiger partial charge in [0.2, 0.25) is 0 Å². The largest absolute Gasteiger partial charge is 0.508 e. The highest BCUT2D eigenvalue weighted by Gasteiger charge is 2.35. The second-order valence-corrected chi connectivity index (χ2v) is 3.57. The summed E-state index contributed by atoms with van der Waals surface area (Å²) >= 11 is 0. The number of nitrogens with two attached hydrogens (primary N) is 1. The fraction of sp³-hybridized carbons (Fsp3) is 0.300. The predicted octanol–water partition coefficient (Wildman–Crippen LogP) is 0.444. The Kier molecular flexibility index (Phi) is 1.93. The van der Waals surface area contributed by atoms with Gasteiger partial charge in [-0.2, -0.15) is 0 Å². The molecule has 1 aliphatic carbocycles. The molecule has 4 N–H and O–H groups in total. The molecule has 0 saturated heterocycles. The Morgan fingerprint density at radius 3 is 2.86 bits per heavy atom. The highest BCUT2D eigenvalue weighted by molar-refractivity contribution is 5.79. The van der Waals surface area contributed by atoms with Gasteiger partial charge in [0, 0.05) is 6.04 Å². The number of rotatable bonds is 1. The van der Waals surface area contributed by atoms with Crippen molar-refractivity contribution in [3.8, 4) is 5.75 Å². The maximum atomic E-state index is 10.9. The molecule has 0 fully saturated rings. The summed E-state index contributed by atoms with van der Waals surface area (Å²) in [5, 5.41) is 18.2. The average molecular weight is 193 g/mol. The van der Waals surface area contributed by atoms with Crippen LogP contribution in [0.2, 0.25) is 0 Å². The van der Waals surface area contributed by atoms with Crippen molar-refractivity contribution in [3.05, 3.63) is 29.3 Å². The number of phenolic OH excluding ortho intramolecular Hbond substituents is 1. The van der Waals surface area contributed by atoms with Crippen LogP contribution >= 0.6 is 0 Å². The topological polar surface area (TPSA) is 83.5 Å². The van der Waals surface area contributed by atoms with E-state index < -0.39 is 11.9 Å². The molecule has 1 aromatic rings. The number of phenols is 1. The monoisotopic (exact) mass is 193 g/mol. The molecule has 2 unspecified atom stereocenters. The zero-order chi connectivity index (χ0) is 10.3. The predicted molar refractivity (Wildman–Crippen MR) is 50.2 cm³/mol. The highest BCUT2D eigenvalue weighted by Crippen LogP contribution is 2.34. The second kappa shape index (κ2) is 2.99. The number of aromatic hydroxyl groups is 1. The lowest BCUT2D eigenvalue weighted by molar-refractivity contribution is -0.139. The van der Waals surface area contributed by atoms with E-state index in [9.17, 15) is 9.90 Å². The third kappa shape index (κ3) is 1.24. The minimum Gasteiger partial charge on any atom is -0.508 e. The summed E-state index contributed by atoms with van der Waals surface area (Å²) in [5.74, 6) is -1.38. The Labute approximate surface area is 81.0 Å². The molecule has 0 radical (unpaired) electrons. The summed E-state index contributed by atoms with van der Waals surface area (Å²) in [7, 11) is 0. The molecule has 0 aliphatic heterocycles. The summed E-state index contributed by atoms with van der Waals surface area (Å²) in [6.45, 7) is 0. The number of hydrogen-bond donors (Lipinski definition) is 3. The van der Waals surface area contributed by atoms with Gasteiger partial charge in [0.15, 0.2) is 0 Å². The lowest BCUT2D eigenvalue weighted by atomic mass is 9.99. The molecule has 0 bridgehead atoms. The van der Waals surface area contributed by atoms with E-state index in [0.29, 0.717) is 6.42 Å². The van der Waals surface area contributed by atoms with Crippen LogP contribution in [0.4, 0.5) is 0 Å². The normalized spacial score (nSPS) is 24.6. The first kappa shape index (κ1) is 9.02. The fourth-order valence-corrected chi connectivity index (χ4v) is 1.99. The quantitative estimate of drug-likeness (QED) is 0.604. The number of carboxylic acid groups (broad SMARTS) is 1. The minimum atomic E-state index is -0.901. The summed E-state index contributed by atoms with van der Waals surface area (Å²) in [5.41, 5.74) is 7.28. The molecule has 4 nitrogen and oxygen atoms in total. The van der Waals surface area contributed by atoms with Gasteiger partial charge in [0.05, 0.1) is 5.92 Å². The molecule has 2 atom stereocenters. The zero-order valence-corrected chi connectivity index (χ0v) is 7.47. The Morgan fingerprint density at radius 1 is 1.50 bits per heavy atom. The van der Waals surface area contributed by atoms with Crippen LogP contribution in [0.25, 0.3) is 0 Å². The SMILES string of the molecule is NC1Cc2cc(O)ccc2C1C(=O)O. The molecule has 1 aliphatic rings. The molecule has 0 heterocycles. The first-order valence-corrected chi connectivity index (χ1v) is 4.40. The lowest BCUT2D eigenvalue weighted by Crippen LogP contribution is -2.30. The Hall–Kier alpha value is -1.55. The first-order chi connectivity index (χ1) is 6.59. The van der Waals surface area contributed by atoms with Crippen LogP contribution in [0.15, 0.2) is 18.2 Å². The van der Waals surface area contributed by atoms with Crippen LogP contribution in [-0.4, -0.2) is 22.2 Å². The van der Waals surface area contributed by atoms with Gasteiger partial charge in [-0.25, -0.2) is 0 Å². The van der Waals surface area contributed by atoms with E-state index >= 15 is 0 Å². The molecule has 2 rings (SSSR count). The molecule has 0 spiro atoms. The van der Waals surface area contributed by atoms with E-state index in [-0.39, 0.29) is 11.8 Å². The van der Waals surface area contributed by atoms with Crippen LogP contribution in [0.3, 0.4) is 0 Å². The molecule has 14 heavy (non-hydrogen) atoms. The van der Waals surface area contributed by atoms with E-state index in [4.69, 9.17) is 10.8 Å². The van der Waals surface area contributed by atoms with Crippen molar-refractivity contribution in [2.24, 2.45) is 5.73 Å². The Morgan fingerprint density at radius 2 is 2.21 bits per heavy atom.